The van der Waals surface area contributed by atoms with Crippen molar-refractivity contribution in [2.24, 2.45) is 9.98 Å². The fourth-order valence-electron chi connectivity index (χ4n) is 6.23. The van der Waals surface area contributed by atoms with Crippen LogP contribution in [-0.2, 0) is 38.8 Å². The predicted molar refractivity (Wildman–Crippen MR) is 182 cm³/mol. The molecule has 3 aromatic heterocycles. The van der Waals surface area contributed by atoms with Crippen molar-refractivity contribution in [2.75, 3.05) is 45.8 Å². The molecule has 0 aromatic carbocycles. The molecule has 0 amide bonds. The van der Waals surface area contributed by atoms with Crippen molar-refractivity contribution in [3.05, 3.63) is 73.7 Å². The number of imidazole rings is 1. The molecule has 6 aliphatic heterocycles. The second kappa shape index (κ2) is 16.9. The summed E-state index contributed by atoms with van der Waals surface area (Å²) in [6, 6.07) is 0. The number of thiazole rings is 1. The number of nitrogens with zero attached hydrogens (tertiary/aromatic N) is 5. The van der Waals surface area contributed by atoms with E-state index in [-0.39, 0.29) is 0 Å². The van der Waals surface area contributed by atoms with Gasteiger partial charge >= 0.3 is 0 Å². The van der Waals surface area contributed by atoms with Crippen LogP contribution in [-0.4, -0.2) is 83.4 Å². The molecule has 0 unspecified atom stereocenters. The van der Waals surface area contributed by atoms with Gasteiger partial charge in [0.2, 0.25) is 0 Å². The Bertz CT molecular complexity index is 1280. The van der Waals surface area contributed by atoms with Crippen LogP contribution in [0, 0.1) is 0 Å². The summed E-state index contributed by atoms with van der Waals surface area (Å²) in [4.78, 5) is 21.5. The van der Waals surface area contributed by atoms with E-state index < -0.39 is 0 Å². The van der Waals surface area contributed by atoms with E-state index in [0.717, 1.165) is 84.6 Å². The number of rotatable bonds is 0. The van der Waals surface area contributed by atoms with Crippen LogP contribution < -0.4 is 21.3 Å². The minimum atomic E-state index is 0.947. The number of nitrogens with one attached hydrogen (secondary N) is 6. The molecule has 11 nitrogen and oxygen atoms in total. The number of aliphatic imine (C=N–C) groups is 2. The van der Waals surface area contributed by atoms with E-state index in [1.54, 1.807) is 6.33 Å². The number of hydrogen-bond donors (Lipinski definition) is 6. The van der Waals surface area contributed by atoms with Crippen LogP contribution >= 0.6 is 11.3 Å². The molecule has 0 radical (unpaired) electrons. The molecule has 0 fully saturated rings. The van der Waals surface area contributed by atoms with Gasteiger partial charge in [-0.1, -0.05) is 0 Å². The Labute approximate surface area is 270 Å². The highest BCUT2D eigenvalue weighted by Crippen LogP contribution is 2.23. The summed E-state index contributed by atoms with van der Waals surface area (Å²) < 4.78 is 0. The largest absolute Gasteiger partial charge is 0.347 e. The van der Waals surface area contributed by atoms with Crippen LogP contribution in [0.25, 0.3) is 0 Å². The van der Waals surface area contributed by atoms with E-state index in [0.29, 0.717) is 0 Å². The van der Waals surface area contributed by atoms with Crippen LogP contribution in [0.4, 0.5) is 0 Å². The molecule has 0 saturated heterocycles. The third-order valence-corrected chi connectivity index (χ3v) is 9.81. The Morgan fingerprint density at radius 1 is 0.711 bits per heavy atom. The lowest BCUT2D eigenvalue weighted by molar-refractivity contribution is 0.627. The van der Waals surface area contributed by atoms with Gasteiger partial charge in [-0.3, -0.25) is 15.1 Å². The van der Waals surface area contributed by atoms with Crippen LogP contribution in [0.5, 0.6) is 0 Å². The quantitative estimate of drug-likeness (QED) is 0.224. The maximum atomic E-state index is 4.28. The molecule has 1 aliphatic carbocycles. The van der Waals surface area contributed by atoms with Crippen molar-refractivity contribution in [2.45, 2.75) is 70.9 Å². The number of fused-ring (bicyclic) bond motifs is 3. The van der Waals surface area contributed by atoms with E-state index in [4.69, 9.17) is 0 Å². The fourth-order valence-corrected chi connectivity index (χ4v) is 7.09. The van der Waals surface area contributed by atoms with Gasteiger partial charge in [-0.2, -0.15) is 5.10 Å². The molecule has 0 saturated carbocycles. The van der Waals surface area contributed by atoms with E-state index in [1.165, 1.54) is 87.7 Å². The summed E-state index contributed by atoms with van der Waals surface area (Å²) in [5.41, 5.74) is 14.3. The summed E-state index contributed by atoms with van der Waals surface area (Å²) in [5, 5.41) is 20.1. The third-order valence-electron chi connectivity index (χ3n) is 8.88. The third kappa shape index (κ3) is 9.14. The van der Waals surface area contributed by atoms with Crippen molar-refractivity contribution in [1.29, 1.82) is 0 Å². The average Bonchev–Trinajstić information content (AvgIpc) is 3.95. The maximum Gasteiger partial charge on any atom is 0.0925 e. The summed E-state index contributed by atoms with van der Waals surface area (Å²) in [6.07, 6.45) is 18.5. The van der Waals surface area contributed by atoms with E-state index in [2.05, 4.69) is 56.4 Å². The van der Waals surface area contributed by atoms with Crippen molar-refractivity contribution in [3.63, 3.8) is 0 Å². The fraction of sp³-hybridized carbons (Fsp3) is 0.545. The number of hydrogen-bond acceptors (Lipinski definition) is 10. The minimum Gasteiger partial charge on any atom is -0.347 e. The summed E-state index contributed by atoms with van der Waals surface area (Å²) in [5.74, 6) is 0. The summed E-state index contributed by atoms with van der Waals surface area (Å²) in [7, 11) is 0. The van der Waals surface area contributed by atoms with Gasteiger partial charge in [0.25, 0.3) is 0 Å². The molecule has 0 atom stereocenters. The predicted octanol–water partition coefficient (Wildman–Crippen LogP) is 3.20. The molecule has 45 heavy (non-hydrogen) atoms. The average molecular weight is 630 g/mol. The number of aryl methyl sites for hydroxylation is 2. The molecule has 12 heteroatoms. The van der Waals surface area contributed by atoms with Gasteiger partial charge in [-0.15, -0.1) is 11.3 Å². The zero-order valence-corrected chi connectivity index (χ0v) is 27.1. The van der Waals surface area contributed by atoms with Gasteiger partial charge in [-0.05, 0) is 55.4 Å². The molecule has 0 bridgehead atoms. The van der Waals surface area contributed by atoms with Gasteiger partial charge < -0.3 is 26.3 Å². The van der Waals surface area contributed by atoms with Gasteiger partial charge in [0.05, 0.1) is 41.7 Å². The molecule has 240 valence electrons. The lowest BCUT2D eigenvalue weighted by atomic mass is 10.0. The zero-order valence-electron chi connectivity index (χ0n) is 26.3. The molecule has 3 aromatic rings. The second-order valence-electron chi connectivity index (χ2n) is 12.0. The van der Waals surface area contributed by atoms with Gasteiger partial charge in [0, 0.05) is 106 Å². The zero-order chi connectivity index (χ0) is 30.5. The second-order valence-corrected chi connectivity index (χ2v) is 12.9. The Hall–Kier alpha value is -3.29. The van der Waals surface area contributed by atoms with E-state index >= 15 is 0 Å². The monoisotopic (exact) mass is 629 g/mol. The highest BCUT2D eigenvalue weighted by molar-refractivity contribution is 7.09. The van der Waals surface area contributed by atoms with Crippen molar-refractivity contribution < 1.29 is 0 Å². The number of H-pyrrole nitrogens is 2. The first kappa shape index (κ1) is 31.7. The first-order valence-corrected chi connectivity index (χ1v) is 17.4. The smallest absolute Gasteiger partial charge is 0.0925 e. The van der Waals surface area contributed by atoms with Crippen LogP contribution in [0.3, 0.4) is 0 Å². The van der Waals surface area contributed by atoms with Crippen molar-refractivity contribution >= 4 is 23.8 Å². The van der Waals surface area contributed by atoms with Gasteiger partial charge in [-0.25, -0.2) is 9.97 Å². The Balaban J connectivity index is 0.0000000992. The molecule has 0 spiro atoms. The molecule has 7 aliphatic rings. The first-order chi connectivity index (χ1) is 22.3. The number of aromatic nitrogens is 5. The number of aromatic amines is 2. The lowest BCUT2D eigenvalue weighted by Crippen LogP contribution is -2.24. The maximum absolute atomic E-state index is 4.28. The van der Waals surface area contributed by atoms with E-state index in [1.807, 2.05) is 35.5 Å². The van der Waals surface area contributed by atoms with Crippen molar-refractivity contribution in [3.8, 4) is 0 Å². The van der Waals surface area contributed by atoms with Crippen molar-refractivity contribution in [1.82, 2.24) is 46.4 Å². The van der Waals surface area contributed by atoms with Gasteiger partial charge in [0.15, 0.2) is 0 Å². The normalized spacial score (nSPS) is 20.4. The first-order valence-electron chi connectivity index (χ1n) is 16.5. The van der Waals surface area contributed by atoms with Crippen LogP contribution in [0.15, 0.2) is 50.4 Å². The minimum absolute atomic E-state index is 0.947. The van der Waals surface area contributed by atoms with Crippen LogP contribution in [0.2, 0.25) is 0 Å². The SMILES string of the molecule is C1=NC2=C(C1)CNCC2.C1=NCC2=C1CCNC2.c1n[nH]c2c1CNCC2.c1nc2c([nH]1)CNCC2.c1nc2c(s1)CCCC2. The highest BCUT2D eigenvalue weighted by Gasteiger charge is 2.14. The standard InChI is InChI=1S/2C7H10N2.C7H9NS.2C6H9N3/c1-4-9-7-2-3-8-5-6(1)7;1-2-8-4-7-5-9-3-6(1)7;1-2-4-7-6(3-1)8-5-9-7;1-2-7-3-5-4-8-9-6(1)5;1-2-7-3-6-5(1)8-4-9-6/h4,8H,1-3,5H2;3,8H,1-2,4-5H2;5H,1-4H2;2*4,7H,1-3H2,(H,8,9). The van der Waals surface area contributed by atoms with Crippen LogP contribution in [0.1, 0.15) is 65.3 Å². The molecule has 10 rings (SSSR count). The summed E-state index contributed by atoms with van der Waals surface area (Å²) >= 11 is 1.81. The molecular formula is C33H47N11S. The topological polar surface area (TPSA) is 143 Å². The van der Waals surface area contributed by atoms with Gasteiger partial charge in [0.1, 0.15) is 0 Å². The molecular weight excluding hydrogens is 583 g/mol. The Kier molecular flexibility index (Phi) is 11.9. The lowest BCUT2D eigenvalue weighted by Gasteiger charge is -2.12. The summed E-state index contributed by atoms with van der Waals surface area (Å²) in [6.45, 7) is 9.39. The Morgan fingerprint density at radius 3 is 2.40 bits per heavy atom. The molecule has 9 heterocycles. The Morgan fingerprint density at radius 2 is 1.53 bits per heavy atom. The highest BCUT2D eigenvalue weighted by atomic mass is 32.1. The van der Waals surface area contributed by atoms with E-state index in [9.17, 15) is 0 Å². The molecule has 6 N–H and O–H groups in total.